The van der Waals surface area contributed by atoms with Crippen LogP contribution < -0.4 is 0 Å². The van der Waals surface area contributed by atoms with Crippen LogP contribution >= 0.6 is 24.2 Å². The maximum atomic E-state index is 10.4. The highest BCUT2D eigenvalue weighted by Crippen LogP contribution is 2.28. The summed E-state index contributed by atoms with van der Waals surface area (Å²) in [5.41, 5.74) is 0.542. The van der Waals surface area contributed by atoms with Gasteiger partial charge in [0, 0.05) is 21.5 Å². The van der Waals surface area contributed by atoms with Crippen molar-refractivity contribution in [1.82, 2.24) is 0 Å². The van der Waals surface area contributed by atoms with Gasteiger partial charge in [-0.2, -0.15) is 0 Å². The highest BCUT2D eigenvalue weighted by atomic mass is 35.5. The predicted molar refractivity (Wildman–Crippen MR) is 50.1 cm³/mol. The Kier molecular flexibility index (Phi) is 2.59. The van der Waals surface area contributed by atoms with Gasteiger partial charge in [0.25, 0.3) is 5.69 Å². The molecule has 0 atom stereocenters. The van der Waals surface area contributed by atoms with Crippen molar-refractivity contribution in [3.05, 3.63) is 32.8 Å². The summed E-state index contributed by atoms with van der Waals surface area (Å²) in [6.07, 6.45) is 0. The minimum atomic E-state index is -0.471. The molecule has 0 N–H and O–H groups in total. The third-order valence-electron chi connectivity index (χ3n) is 1.51. The second kappa shape index (κ2) is 3.33. The van der Waals surface area contributed by atoms with Crippen LogP contribution in [0.2, 0.25) is 5.02 Å². The molecule has 0 aliphatic carbocycles. The summed E-state index contributed by atoms with van der Waals surface area (Å²) in [7, 11) is 0. The Morgan fingerprint density at radius 2 is 2.17 bits per heavy atom. The van der Waals surface area contributed by atoms with Crippen LogP contribution in [-0.2, 0) is 0 Å². The fourth-order valence-corrected chi connectivity index (χ4v) is 1.38. The monoisotopic (exact) mass is 203 g/mol. The molecule has 0 aliphatic heterocycles. The summed E-state index contributed by atoms with van der Waals surface area (Å²) < 4.78 is 0. The average molecular weight is 204 g/mol. The molecule has 0 heterocycles. The second-order valence-corrected chi connectivity index (χ2v) is 3.24. The van der Waals surface area contributed by atoms with Gasteiger partial charge in [-0.05, 0) is 13.0 Å². The molecule has 0 radical (unpaired) electrons. The quantitative estimate of drug-likeness (QED) is 0.433. The van der Waals surface area contributed by atoms with Crippen LogP contribution in [-0.4, -0.2) is 4.92 Å². The molecule has 0 unspecified atom stereocenters. The summed E-state index contributed by atoms with van der Waals surface area (Å²) in [5, 5.41) is 10.8. The van der Waals surface area contributed by atoms with Gasteiger partial charge in [-0.3, -0.25) is 10.1 Å². The van der Waals surface area contributed by atoms with Crippen molar-refractivity contribution < 1.29 is 4.92 Å². The van der Waals surface area contributed by atoms with Gasteiger partial charge in [-0.15, -0.1) is 12.6 Å². The molecule has 0 amide bonds. The van der Waals surface area contributed by atoms with Gasteiger partial charge in [-0.25, -0.2) is 0 Å². The van der Waals surface area contributed by atoms with Gasteiger partial charge in [-0.1, -0.05) is 11.6 Å². The molecule has 64 valence electrons. The molecule has 1 rings (SSSR count). The zero-order chi connectivity index (χ0) is 9.30. The largest absolute Gasteiger partial charge is 0.274 e. The number of halogens is 1. The number of thiol groups is 1. The Labute approximate surface area is 79.9 Å². The van der Waals surface area contributed by atoms with E-state index in [2.05, 4.69) is 12.6 Å². The van der Waals surface area contributed by atoms with Crippen LogP contribution in [0.25, 0.3) is 0 Å². The first-order chi connectivity index (χ1) is 5.52. The van der Waals surface area contributed by atoms with Crippen LogP contribution in [0.4, 0.5) is 5.69 Å². The minimum Gasteiger partial charge on any atom is -0.258 e. The van der Waals surface area contributed by atoms with E-state index in [9.17, 15) is 10.1 Å². The molecule has 12 heavy (non-hydrogen) atoms. The smallest absolute Gasteiger partial charge is 0.258 e. The molecule has 1 aromatic rings. The summed E-state index contributed by atoms with van der Waals surface area (Å²) >= 11 is 9.66. The van der Waals surface area contributed by atoms with Crippen LogP contribution in [0.1, 0.15) is 5.56 Å². The van der Waals surface area contributed by atoms with E-state index < -0.39 is 4.92 Å². The number of nitro benzene ring substituents is 1. The van der Waals surface area contributed by atoms with Crippen molar-refractivity contribution in [2.75, 3.05) is 0 Å². The molecule has 0 spiro atoms. The Balaban J connectivity index is 3.37. The Morgan fingerprint density at radius 1 is 1.58 bits per heavy atom. The van der Waals surface area contributed by atoms with Crippen LogP contribution in [0.3, 0.4) is 0 Å². The highest BCUT2D eigenvalue weighted by molar-refractivity contribution is 7.80. The number of nitrogens with zero attached hydrogens (tertiary/aromatic N) is 1. The summed E-state index contributed by atoms with van der Waals surface area (Å²) in [6.45, 7) is 1.64. The van der Waals surface area contributed by atoms with Gasteiger partial charge in [0.05, 0.1) is 4.92 Å². The third-order valence-corrected chi connectivity index (χ3v) is 2.20. The molecule has 3 nitrogen and oxygen atoms in total. The van der Waals surface area contributed by atoms with Crippen molar-refractivity contribution >= 4 is 29.9 Å². The first-order valence-corrected chi connectivity index (χ1v) is 3.98. The lowest BCUT2D eigenvalue weighted by Crippen LogP contribution is -1.92. The molecule has 1 aromatic carbocycles. The van der Waals surface area contributed by atoms with Crippen molar-refractivity contribution in [3.63, 3.8) is 0 Å². The van der Waals surface area contributed by atoms with Crippen LogP contribution in [0, 0.1) is 17.0 Å². The van der Waals surface area contributed by atoms with Gasteiger partial charge in [0.15, 0.2) is 0 Å². The lowest BCUT2D eigenvalue weighted by Gasteiger charge is -2.00. The van der Waals surface area contributed by atoms with E-state index in [1.165, 1.54) is 6.07 Å². The Hall–Kier alpha value is -0.740. The number of hydrogen-bond acceptors (Lipinski definition) is 3. The SMILES string of the molecule is Cc1c(S)cc(Cl)cc1[N+](=O)[O-]. The number of benzene rings is 1. The summed E-state index contributed by atoms with van der Waals surface area (Å²) in [4.78, 5) is 10.5. The van der Waals surface area contributed by atoms with Crippen molar-refractivity contribution in [2.45, 2.75) is 11.8 Å². The molecule has 0 fully saturated rings. The maximum absolute atomic E-state index is 10.4. The van der Waals surface area contributed by atoms with E-state index in [1.807, 2.05) is 0 Å². The summed E-state index contributed by atoms with van der Waals surface area (Å²) in [5.74, 6) is 0. The Bertz CT molecular complexity index is 340. The van der Waals surface area contributed by atoms with Gasteiger partial charge in [0.1, 0.15) is 0 Å². The third kappa shape index (κ3) is 1.70. The molecular formula is C7H6ClNO2S. The van der Waals surface area contributed by atoms with E-state index >= 15 is 0 Å². The summed E-state index contributed by atoms with van der Waals surface area (Å²) in [6, 6.07) is 2.89. The zero-order valence-electron chi connectivity index (χ0n) is 6.24. The fourth-order valence-electron chi connectivity index (χ4n) is 0.840. The zero-order valence-corrected chi connectivity index (χ0v) is 7.89. The topological polar surface area (TPSA) is 43.1 Å². The average Bonchev–Trinajstić information content (AvgIpc) is 1.96. The lowest BCUT2D eigenvalue weighted by atomic mass is 10.2. The van der Waals surface area contributed by atoms with Crippen LogP contribution in [0.5, 0.6) is 0 Å². The molecule has 0 aliphatic rings. The van der Waals surface area contributed by atoms with E-state index in [1.54, 1.807) is 13.0 Å². The molecule has 0 saturated carbocycles. The number of hydrogen-bond donors (Lipinski definition) is 1. The standard InChI is InChI=1S/C7H6ClNO2S/c1-4-6(9(10)11)2-5(8)3-7(4)12/h2-3,12H,1H3. The second-order valence-electron chi connectivity index (χ2n) is 2.33. The molecular weight excluding hydrogens is 198 g/mol. The maximum Gasteiger partial charge on any atom is 0.274 e. The van der Waals surface area contributed by atoms with E-state index in [0.717, 1.165) is 0 Å². The fraction of sp³-hybridized carbons (Fsp3) is 0.143. The molecule has 0 bridgehead atoms. The van der Waals surface area contributed by atoms with E-state index in [0.29, 0.717) is 15.5 Å². The first kappa shape index (κ1) is 9.35. The first-order valence-electron chi connectivity index (χ1n) is 3.16. The van der Waals surface area contributed by atoms with Crippen molar-refractivity contribution in [2.24, 2.45) is 0 Å². The lowest BCUT2D eigenvalue weighted by molar-refractivity contribution is -0.385. The van der Waals surface area contributed by atoms with E-state index in [-0.39, 0.29) is 5.69 Å². The normalized spacial score (nSPS) is 9.92. The number of rotatable bonds is 1. The van der Waals surface area contributed by atoms with E-state index in [4.69, 9.17) is 11.6 Å². The van der Waals surface area contributed by atoms with Crippen LogP contribution in [0.15, 0.2) is 17.0 Å². The van der Waals surface area contributed by atoms with Crippen molar-refractivity contribution in [1.29, 1.82) is 0 Å². The predicted octanol–water partition coefficient (Wildman–Crippen LogP) is 2.85. The molecule has 0 saturated heterocycles. The van der Waals surface area contributed by atoms with Gasteiger partial charge >= 0.3 is 0 Å². The Morgan fingerprint density at radius 3 is 2.67 bits per heavy atom. The highest BCUT2D eigenvalue weighted by Gasteiger charge is 2.13. The van der Waals surface area contributed by atoms with Crippen molar-refractivity contribution in [3.8, 4) is 0 Å². The van der Waals surface area contributed by atoms with Gasteiger partial charge in [0.2, 0.25) is 0 Å². The minimum absolute atomic E-state index is 0.00694. The molecule has 5 heteroatoms. The van der Waals surface area contributed by atoms with Gasteiger partial charge < -0.3 is 0 Å². The molecule has 0 aromatic heterocycles. The number of nitro groups is 1.